The molecule has 1 aromatic heterocycles. The number of aromatic nitrogens is 3. The predicted octanol–water partition coefficient (Wildman–Crippen LogP) is 2.67. The van der Waals surface area contributed by atoms with E-state index in [-0.39, 0.29) is 24.0 Å². The second-order valence-electron chi connectivity index (χ2n) is 9.11. The van der Waals surface area contributed by atoms with Crippen molar-refractivity contribution in [3.8, 4) is 0 Å². The van der Waals surface area contributed by atoms with E-state index in [1.807, 2.05) is 4.68 Å². The summed E-state index contributed by atoms with van der Waals surface area (Å²) in [4.78, 5) is 12.0. The lowest BCUT2D eigenvalue weighted by Crippen LogP contribution is -2.47. The number of halogens is 1. The summed E-state index contributed by atoms with van der Waals surface area (Å²) in [7, 11) is 1.68. The highest BCUT2D eigenvalue weighted by atomic mass is 127. The molecule has 2 N–H and O–H groups in total. The van der Waals surface area contributed by atoms with Crippen LogP contribution in [-0.2, 0) is 24.3 Å². The maximum absolute atomic E-state index is 5.16. The van der Waals surface area contributed by atoms with Crippen molar-refractivity contribution in [2.75, 3.05) is 39.8 Å². The summed E-state index contributed by atoms with van der Waals surface area (Å²) in [6.45, 7) is 13.6. The summed E-state index contributed by atoms with van der Waals surface area (Å²) in [6.07, 6.45) is 5.70. The minimum absolute atomic E-state index is 0. The first-order valence-corrected chi connectivity index (χ1v) is 11.8. The van der Waals surface area contributed by atoms with Crippen LogP contribution in [0.1, 0.15) is 58.1 Å². The number of likely N-dealkylation sites (tertiary alicyclic amines) is 1. The molecule has 0 bridgehead atoms. The van der Waals surface area contributed by atoms with Crippen LogP contribution in [0.25, 0.3) is 0 Å². The highest BCUT2D eigenvalue weighted by molar-refractivity contribution is 14.0. The second-order valence-corrected chi connectivity index (χ2v) is 9.11. The van der Waals surface area contributed by atoms with Gasteiger partial charge in [0.15, 0.2) is 11.8 Å². The third kappa shape index (κ3) is 8.49. The third-order valence-electron chi connectivity index (χ3n) is 5.96. The standard InChI is InChI=1S/C22H41N7O.HI/c1-5-23-22(24-10-6-7-11-28-13-17(2)12-18(3)14-28)25-19-8-9-21-26-20(16-30-4)27-29(21)15-19;/h17-19H,5-16H2,1-4H3,(H2,23,24,25);1H. The van der Waals surface area contributed by atoms with Gasteiger partial charge in [0.05, 0.1) is 6.54 Å². The van der Waals surface area contributed by atoms with E-state index in [1.54, 1.807) is 7.11 Å². The van der Waals surface area contributed by atoms with E-state index in [9.17, 15) is 0 Å². The van der Waals surface area contributed by atoms with E-state index in [4.69, 9.17) is 9.73 Å². The summed E-state index contributed by atoms with van der Waals surface area (Å²) in [5, 5.41) is 11.6. The molecule has 2 aliphatic heterocycles. The van der Waals surface area contributed by atoms with E-state index in [0.717, 1.165) is 68.3 Å². The molecule has 0 aromatic carbocycles. The first-order chi connectivity index (χ1) is 14.6. The van der Waals surface area contributed by atoms with Crippen LogP contribution >= 0.6 is 24.0 Å². The molecule has 3 heterocycles. The Hall–Kier alpha value is -0.940. The maximum Gasteiger partial charge on any atom is 0.191 e. The van der Waals surface area contributed by atoms with E-state index in [2.05, 4.69) is 46.4 Å². The minimum Gasteiger partial charge on any atom is -0.377 e. The van der Waals surface area contributed by atoms with Crippen LogP contribution in [0.15, 0.2) is 4.99 Å². The van der Waals surface area contributed by atoms with Crippen molar-refractivity contribution in [1.82, 2.24) is 30.3 Å². The van der Waals surface area contributed by atoms with Crippen LogP contribution in [0.2, 0.25) is 0 Å². The zero-order chi connectivity index (χ0) is 21.3. The van der Waals surface area contributed by atoms with E-state index in [1.165, 1.54) is 32.5 Å². The average molecular weight is 548 g/mol. The quantitative estimate of drug-likeness (QED) is 0.214. The molecule has 9 heteroatoms. The van der Waals surface area contributed by atoms with Crippen LogP contribution in [0.5, 0.6) is 0 Å². The van der Waals surface area contributed by atoms with Gasteiger partial charge in [-0.15, -0.1) is 24.0 Å². The lowest BCUT2D eigenvalue weighted by molar-refractivity contribution is 0.139. The zero-order valence-electron chi connectivity index (χ0n) is 19.8. The van der Waals surface area contributed by atoms with E-state index in [0.29, 0.717) is 12.6 Å². The first-order valence-electron chi connectivity index (χ1n) is 11.8. The molecule has 3 rings (SSSR count). The molecule has 8 nitrogen and oxygen atoms in total. The molecular weight excluding hydrogens is 505 g/mol. The number of piperidine rings is 1. The Balaban J connectivity index is 0.00000341. The number of nitrogens with zero attached hydrogens (tertiary/aromatic N) is 5. The van der Waals surface area contributed by atoms with Crippen LogP contribution in [-0.4, -0.2) is 71.5 Å². The Morgan fingerprint density at radius 1 is 1.19 bits per heavy atom. The molecule has 0 aliphatic carbocycles. The van der Waals surface area contributed by atoms with Crippen molar-refractivity contribution < 1.29 is 4.74 Å². The van der Waals surface area contributed by atoms with Gasteiger partial charge in [0.2, 0.25) is 0 Å². The highest BCUT2D eigenvalue weighted by Crippen LogP contribution is 2.21. The maximum atomic E-state index is 5.16. The molecule has 2 aliphatic rings. The lowest BCUT2D eigenvalue weighted by atomic mass is 9.92. The number of hydrogen-bond donors (Lipinski definition) is 2. The Bertz CT molecular complexity index is 671. The summed E-state index contributed by atoms with van der Waals surface area (Å²) in [5.41, 5.74) is 0. The average Bonchev–Trinajstić information content (AvgIpc) is 3.09. The monoisotopic (exact) mass is 547 g/mol. The van der Waals surface area contributed by atoms with E-state index < -0.39 is 0 Å². The number of aryl methyl sites for hydroxylation is 1. The van der Waals surface area contributed by atoms with Gasteiger partial charge in [0, 0.05) is 45.8 Å². The Morgan fingerprint density at radius 3 is 2.68 bits per heavy atom. The van der Waals surface area contributed by atoms with Crippen LogP contribution < -0.4 is 10.6 Å². The van der Waals surface area contributed by atoms with Gasteiger partial charge in [-0.05, 0) is 51.0 Å². The number of ether oxygens (including phenoxy) is 1. The van der Waals surface area contributed by atoms with Gasteiger partial charge in [-0.3, -0.25) is 4.99 Å². The third-order valence-corrected chi connectivity index (χ3v) is 5.96. The number of methoxy groups -OCH3 is 1. The van der Waals surface area contributed by atoms with Crippen molar-refractivity contribution in [1.29, 1.82) is 0 Å². The SMILES string of the molecule is CCNC(=NCCCCN1CC(C)CC(C)C1)NC1CCc2nc(COC)nn2C1.I. The molecule has 1 fully saturated rings. The van der Waals surface area contributed by atoms with Gasteiger partial charge < -0.3 is 20.3 Å². The summed E-state index contributed by atoms with van der Waals surface area (Å²) in [5.74, 6) is 4.42. The molecule has 31 heavy (non-hydrogen) atoms. The van der Waals surface area contributed by atoms with E-state index >= 15 is 0 Å². The number of nitrogens with one attached hydrogen (secondary N) is 2. The molecule has 0 radical (unpaired) electrons. The molecule has 0 amide bonds. The predicted molar refractivity (Wildman–Crippen MR) is 136 cm³/mol. The molecule has 1 saturated heterocycles. The summed E-state index contributed by atoms with van der Waals surface area (Å²) < 4.78 is 7.17. The minimum atomic E-state index is 0. The van der Waals surface area contributed by atoms with Crippen LogP contribution in [0.4, 0.5) is 0 Å². The van der Waals surface area contributed by atoms with Gasteiger partial charge in [-0.1, -0.05) is 13.8 Å². The Kier molecular flexibility index (Phi) is 11.5. The van der Waals surface area contributed by atoms with Crippen molar-refractivity contribution in [2.24, 2.45) is 16.8 Å². The second kappa shape index (κ2) is 13.6. The smallest absolute Gasteiger partial charge is 0.191 e. The molecule has 3 unspecified atom stereocenters. The van der Waals surface area contributed by atoms with Crippen molar-refractivity contribution in [2.45, 2.75) is 72.1 Å². The molecule has 1 aromatic rings. The lowest BCUT2D eigenvalue weighted by Gasteiger charge is -2.34. The summed E-state index contributed by atoms with van der Waals surface area (Å²) >= 11 is 0. The number of aliphatic imine (C=N–C) groups is 1. The number of unbranched alkanes of at least 4 members (excludes halogenated alkanes) is 1. The first kappa shape index (κ1) is 26.3. The molecule has 178 valence electrons. The Morgan fingerprint density at radius 2 is 1.97 bits per heavy atom. The van der Waals surface area contributed by atoms with Gasteiger partial charge in [0.1, 0.15) is 12.4 Å². The highest BCUT2D eigenvalue weighted by Gasteiger charge is 2.23. The zero-order valence-corrected chi connectivity index (χ0v) is 22.1. The Labute approximate surface area is 205 Å². The van der Waals surface area contributed by atoms with Gasteiger partial charge >= 0.3 is 0 Å². The van der Waals surface area contributed by atoms with Crippen molar-refractivity contribution in [3.05, 3.63) is 11.6 Å². The van der Waals surface area contributed by atoms with Crippen LogP contribution in [0.3, 0.4) is 0 Å². The number of rotatable bonds is 9. The van der Waals surface area contributed by atoms with Gasteiger partial charge in [-0.25, -0.2) is 9.67 Å². The number of guanidine groups is 1. The largest absolute Gasteiger partial charge is 0.377 e. The fraction of sp³-hybridized carbons (Fsp3) is 0.864. The number of hydrogen-bond acceptors (Lipinski definition) is 5. The van der Waals surface area contributed by atoms with Crippen molar-refractivity contribution in [3.63, 3.8) is 0 Å². The molecular formula is C22H42IN7O. The van der Waals surface area contributed by atoms with Crippen molar-refractivity contribution >= 4 is 29.9 Å². The number of fused-ring (bicyclic) bond motifs is 1. The molecule has 0 spiro atoms. The van der Waals surface area contributed by atoms with Gasteiger partial charge in [-0.2, -0.15) is 5.10 Å². The van der Waals surface area contributed by atoms with Crippen LogP contribution in [0, 0.1) is 11.8 Å². The molecule has 0 saturated carbocycles. The fourth-order valence-electron chi connectivity index (χ4n) is 4.79. The summed E-state index contributed by atoms with van der Waals surface area (Å²) in [6, 6.07) is 0.323. The van der Waals surface area contributed by atoms with Gasteiger partial charge in [0.25, 0.3) is 0 Å². The topological polar surface area (TPSA) is 79.6 Å². The normalized spacial score (nSPS) is 24.4. The molecule has 3 atom stereocenters. The fourth-order valence-corrected chi connectivity index (χ4v) is 4.79.